The molecule has 1 aromatic heterocycles. The summed E-state index contributed by atoms with van der Waals surface area (Å²) in [6.45, 7) is 4.45. The third kappa shape index (κ3) is 3.75. The lowest BCUT2D eigenvalue weighted by Crippen LogP contribution is -2.07. The van der Waals surface area contributed by atoms with E-state index in [2.05, 4.69) is 43.1 Å². The van der Waals surface area contributed by atoms with Gasteiger partial charge in [-0.1, -0.05) is 56.7 Å². The van der Waals surface area contributed by atoms with Gasteiger partial charge in [-0.3, -0.25) is 9.98 Å². The van der Waals surface area contributed by atoms with Gasteiger partial charge >= 0.3 is 0 Å². The van der Waals surface area contributed by atoms with Crippen molar-refractivity contribution >= 4 is 6.21 Å². The van der Waals surface area contributed by atoms with Crippen LogP contribution in [0.25, 0.3) is 0 Å². The SMILES string of the molecule is CCC(C)C(N=Cc1ccccn1)c1ccccc1. The van der Waals surface area contributed by atoms with Gasteiger partial charge in [0.1, 0.15) is 0 Å². The smallest absolute Gasteiger partial charge is 0.0808 e. The molecule has 2 unspecified atom stereocenters. The molecule has 2 atom stereocenters. The summed E-state index contributed by atoms with van der Waals surface area (Å²) in [4.78, 5) is 9.03. The van der Waals surface area contributed by atoms with Crippen molar-refractivity contribution in [1.82, 2.24) is 4.98 Å². The molecule has 0 saturated carbocycles. The van der Waals surface area contributed by atoms with Crippen LogP contribution in [0.2, 0.25) is 0 Å². The number of hydrogen-bond acceptors (Lipinski definition) is 2. The Morgan fingerprint density at radius 3 is 2.47 bits per heavy atom. The van der Waals surface area contributed by atoms with Crippen molar-refractivity contribution in [1.29, 1.82) is 0 Å². The summed E-state index contributed by atoms with van der Waals surface area (Å²) in [5.74, 6) is 0.516. The van der Waals surface area contributed by atoms with E-state index >= 15 is 0 Å². The molecule has 1 heterocycles. The summed E-state index contributed by atoms with van der Waals surface area (Å²) in [6, 6.07) is 16.5. The fourth-order valence-corrected chi connectivity index (χ4v) is 2.04. The van der Waals surface area contributed by atoms with Gasteiger partial charge in [-0.2, -0.15) is 0 Å². The number of hydrogen-bond donors (Lipinski definition) is 0. The van der Waals surface area contributed by atoms with Crippen molar-refractivity contribution in [3.63, 3.8) is 0 Å². The zero-order valence-electron chi connectivity index (χ0n) is 11.5. The number of benzene rings is 1. The Kier molecular flexibility index (Phi) is 4.85. The van der Waals surface area contributed by atoms with Crippen LogP contribution in [0.3, 0.4) is 0 Å². The Bertz CT molecular complexity index is 505. The van der Waals surface area contributed by atoms with Gasteiger partial charge in [-0.15, -0.1) is 0 Å². The van der Waals surface area contributed by atoms with Crippen LogP contribution in [-0.4, -0.2) is 11.2 Å². The van der Waals surface area contributed by atoms with Crippen molar-refractivity contribution in [2.24, 2.45) is 10.9 Å². The van der Waals surface area contributed by atoms with Gasteiger partial charge in [0.05, 0.1) is 11.7 Å². The van der Waals surface area contributed by atoms with Crippen molar-refractivity contribution < 1.29 is 0 Å². The van der Waals surface area contributed by atoms with Crippen LogP contribution < -0.4 is 0 Å². The molecule has 0 aliphatic heterocycles. The molecular formula is C17H20N2. The predicted octanol–water partition coefficient (Wildman–Crippen LogP) is 4.29. The minimum atomic E-state index is 0.202. The molecule has 2 rings (SSSR count). The zero-order chi connectivity index (χ0) is 13.5. The van der Waals surface area contributed by atoms with Crippen molar-refractivity contribution in [2.45, 2.75) is 26.3 Å². The molecule has 0 saturated heterocycles. The van der Waals surface area contributed by atoms with Crippen molar-refractivity contribution in [2.75, 3.05) is 0 Å². The highest BCUT2D eigenvalue weighted by atomic mass is 14.8. The molecule has 0 spiro atoms. The highest BCUT2D eigenvalue weighted by Gasteiger charge is 2.15. The monoisotopic (exact) mass is 252 g/mol. The number of pyridine rings is 1. The van der Waals surface area contributed by atoms with Gasteiger partial charge in [0.25, 0.3) is 0 Å². The van der Waals surface area contributed by atoms with E-state index in [1.165, 1.54) is 5.56 Å². The second-order valence-corrected chi connectivity index (χ2v) is 4.77. The third-order valence-electron chi connectivity index (χ3n) is 3.38. The maximum Gasteiger partial charge on any atom is 0.0808 e. The zero-order valence-corrected chi connectivity index (χ0v) is 11.5. The summed E-state index contributed by atoms with van der Waals surface area (Å²) < 4.78 is 0. The van der Waals surface area contributed by atoms with Gasteiger partial charge in [0, 0.05) is 12.4 Å². The topological polar surface area (TPSA) is 25.2 Å². The maximum atomic E-state index is 4.75. The minimum absolute atomic E-state index is 0.202. The van der Waals surface area contributed by atoms with Gasteiger partial charge < -0.3 is 0 Å². The number of aliphatic imine (C=N–C) groups is 1. The Morgan fingerprint density at radius 1 is 1.11 bits per heavy atom. The Labute approximate surface area is 115 Å². The molecule has 0 fully saturated rings. The molecule has 0 aliphatic carbocycles. The fraction of sp³-hybridized carbons (Fsp3) is 0.294. The molecule has 2 nitrogen and oxygen atoms in total. The van der Waals surface area contributed by atoms with Crippen LogP contribution in [0.1, 0.15) is 37.6 Å². The quantitative estimate of drug-likeness (QED) is 0.729. The normalized spacial score (nSPS) is 14.4. The first-order valence-corrected chi connectivity index (χ1v) is 6.80. The van der Waals surface area contributed by atoms with E-state index < -0.39 is 0 Å². The summed E-state index contributed by atoms with van der Waals surface area (Å²) >= 11 is 0. The molecule has 19 heavy (non-hydrogen) atoms. The Balaban J connectivity index is 2.22. The molecule has 98 valence electrons. The van der Waals surface area contributed by atoms with Crippen molar-refractivity contribution in [3.8, 4) is 0 Å². The Hall–Kier alpha value is -1.96. The molecule has 2 aromatic rings. The van der Waals surface area contributed by atoms with Gasteiger partial charge in [-0.05, 0) is 23.6 Å². The minimum Gasteiger partial charge on any atom is -0.283 e. The molecule has 0 radical (unpaired) electrons. The second-order valence-electron chi connectivity index (χ2n) is 4.77. The number of aromatic nitrogens is 1. The molecule has 0 bridgehead atoms. The highest BCUT2D eigenvalue weighted by Crippen LogP contribution is 2.27. The van der Waals surface area contributed by atoms with E-state index in [0.29, 0.717) is 5.92 Å². The van der Waals surface area contributed by atoms with Gasteiger partial charge in [0.2, 0.25) is 0 Å². The largest absolute Gasteiger partial charge is 0.283 e. The standard InChI is InChI=1S/C17H20N2/c1-3-14(2)17(15-9-5-4-6-10-15)19-13-16-11-7-8-12-18-16/h4-14,17H,3H2,1-2H3. The highest BCUT2D eigenvalue weighted by molar-refractivity contribution is 5.76. The number of rotatable bonds is 5. The summed E-state index contributed by atoms with van der Waals surface area (Å²) in [5, 5.41) is 0. The summed E-state index contributed by atoms with van der Waals surface area (Å²) in [5.41, 5.74) is 2.18. The van der Waals surface area contributed by atoms with Gasteiger partial charge in [0.15, 0.2) is 0 Å². The summed E-state index contributed by atoms with van der Waals surface area (Å²) in [7, 11) is 0. The Morgan fingerprint density at radius 2 is 1.84 bits per heavy atom. The molecular weight excluding hydrogens is 232 g/mol. The lowest BCUT2D eigenvalue weighted by molar-refractivity contribution is 0.460. The van der Waals surface area contributed by atoms with Crippen LogP contribution in [0, 0.1) is 5.92 Å². The first kappa shape index (κ1) is 13.5. The van der Waals surface area contributed by atoms with Crippen LogP contribution in [0.15, 0.2) is 59.7 Å². The van der Waals surface area contributed by atoms with Crippen molar-refractivity contribution in [3.05, 3.63) is 66.0 Å². The first-order valence-electron chi connectivity index (χ1n) is 6.80. The fourth-order valence-electron chi connectivity index (χ4n) is 2.04. The van der Waals surface area contributed by atoms with E-state index in [0.717, 1.165) is 12.1 Å². The second kappa shape index (κ2) is 6.83. The van der Waals surface area contributed by atoms with E-state index in [9.17, 15) is 0 Å². The lowest BCUT2D eigenvalue weighted by atomic mass is 9.93. The van der Waals surface area contributed by atoms with E-state index in [1.807, 2.05) is 30.5 Å². The predicted molar refractivity (Wildman–Crippen MR) is 80.5 cm³/mol. The molecule has 0 N–H and O–H groups in total. The third-order valence-corrected chi connectivity index (χ3v) is 3.38. The number of nitrogens with zero attached hydrogens (tertiary/aromatic N) is 2. The molecule has 2 heteroatoms. The van der Waals surface area contributed by atoms with Gasteiger partial charge in [-0.25, -0.2) is 0 Å². The first-order chi connectivity index (χ1) is 9.31. The van der Waals surface area contributed by atoms with Crippen LogP contribution >= 0.6 is 0 Å². The van der Waals surface area contributed by atoms with Crippen LogP contribution in [-0.2, 0) is 0 Å². The van der Waals surface area contributed by atoms with Crippen LogP contribution in [0.5, 0.6) is 0 Å². The average molecular weight is 252 g/mol. The molecule has 1 aromatic carbocycles. The summed E-state index contributed by atoms with van der Waals surface area (Å²) in [6.07, 6.45) is 4.78. The maximum absolute atomic E-state index is 4.75. The van der Waals surface area contributed by atoms with E-state index in [4.69, 9.17) is 4.99 Å². The lowest BCUT2D eigenvalue weighted by Gasteiger charge is -2.19. The van der Waals surface area contributed by atoms with E-state index in [1.54, 1.807) is 6.20 Å². The van der Waals surface area contributed by atoms with E-state index in [-0.39, 0.29) is 6.04 Å². The molecule has 0 amide bonds. The average Bonchev–Trinajstić information content (AvgIpc) is 2.49. The van der Waals surface area contributed by atoms with Crippen LogP contribution in [0.4, 0.5) is 0 Å². The molecule has 0 aliphatic rings.